The summed E-state index contributed by atoms with van der Waals surface area (Å²) in [6.07, 6.45) is 3.39. The van der Waals surface area contributed by atoms with Crippen LogP contribution in [0.2, 0.25) is 0 Å². The predicted molar refractivity (Wildman–Crippen MR) is 55.2 cm³/mol. The smallest absolute Gasteiger partial charge is 0.0850 e. The molecule has 0 N–H and O–H groups in total. The van der Waals surface area contributed by atoms with Crippen LogP contribution in [0.25, 0.3) is 10.9 Å². The van der Waals surface area contributed by atoms with Crippen molar-refractivity contribution in [3.05, 3.63) is 42.1 Å². The van der Waals surface area contributed by atoms with Gasteiger partial charge in [0.05, 0.1) is 18.2 Å². The van der Waals surface area contributed by atoms with Crippen LogP contribution in [-0.2, 0) is 11.2 Å². The first-order chi connectivity index (χ1) is 6.92. The summed E-state index contributed by atoms with van der Waals surface area (Å²) in [5.74, 6) is 0. The van der Waals surface area contributed by atoms with E-state index in [2.05, 4.69) is 17.1 Å². The van der Waals surface area contributed by atoms with Crippen molar-refractivity contribution >= 4 is 10.9 Å². The molecule has 1 saturated heterocycles. The van der Waals surface area contributed by atoms with Crippen molar-refractivity contribution in [1.29, 1.82) is 0 Å². The molecule has 0 radical (unpaired) electrons. The number of hydrogen-bond donors (Lipinski definition) is 0. The van der Waals surface area contributed by atoms with Crippen LogP contribution in [0.15, 0.2) is 36.5 Å². The minimum Gasteiger partial charge on any atom is -0.373 e. The summed E-state index contributed by atoms with van der Waals surface area (Å²) < 4.78 is 5.20. The van der Waals surface area contributed by atoms with Crippen LogP contribution in [0.4, 0.5) is 0 Å². The number of aromatic nitrogens is 1. The zero-order valence-electron chi connectivity index (χ0n) is 7.81. The number of fused-ring (bicyclic) bond motifs is 1. The van der Waals surface area contributed by atoms with E-state index < -0.39 is 0 Å². The molecule has 2 aromatic rings. The Bertz CT molecular complexity index is 463. The van der Waals surface area contributed by atoms with E-state index in [9.17, 15) is 0 Å². The van der Waals surface area contributed by atoms with Gasteiger partial charge in [0.1, 0.15) is 0 Å². The van der Waals surface area contributed by atoms with Crippen LogP contribution in [0.1, 0.15) is 5.56 Å². The van der Waals surface area contributed by atoms with E-state index in [1.807, 2.05) is 24.4 Å². The maximum atomic E-state index is 5.20. The third-order valence-electron chi connectivity index (χ3n) is 2.51. The van der Waals surface area contributed by atoms with E-state index in [-0.39, 0.29) is 0 Å². The van der Waals surface area contributed by atoms with Gasteiger partial charge in [-0.15, -0.1) is 0 Å². The molecule has 1 aromatic carbocycles. The maximum Gasteiger partial charge on any atom is 0.0850 e. The van der Waals surface area contributed by atoms with Gasteiger partial charge in [0.25, 0.3) is 0 Å². The maximum absolute atomic E-state index is 5.20. The molecule has 2 heterocycles. The first-order valence-corrected chi connectivity index (χ1v) is 4.87. The molecule has 0 aliphatic carbocycles. The van der Waals surface area contributed by atoms with Gasteiger partial charge in [-0.05, 0) is 17.7 Å². The van der Waals surface area contributed by atoms with Gasteiger partial charge < -0.3 is 4.74 Å². The Morgan fingerprint density at radius 3 is 3.07 bits per heavy atom. The van der Waals surface area contributed by atoms with Crippen LogP contribution in [-0.4, -0.2) is 17.7 Å². The summed E-state index contributed by atoms with van der Waals surface area (Å²) >= 11 is 0. The van der Waals surface area contributed by atoms with E-state index in [1.165, 1.54) is 10.9 Å². The number of ether oxygens (including phenoxy) is 1. The summed E-state index contributed by atoms with van der Waals surface area (Å²) in [5.41, 5.74) is 2.33. The van der Waals surface area contributed by atoms with E-state index in [1.54, 1.807) is 0 Å². The average Bonchev–Trinajstić information content (AvgIpc) is 3.02. The Morgan fingerprint density at radius 1 is 1.36 bits per heavy atom. The van der Waals surface area contributed by atoms with Gasteiger partial charge in [0.2, 0.25) is 0 Å². The van der Waals surface area contributed by atoms with Gasteiger partial charge in [-0.1, -0.05) is 18.2 Å². The van der Waals surface area contributed by atoms with Gasteiger partial charge in [0, 0.05) is 18.0 Å². The number of epoxide rings is 1. The molecule has 0 bridgehead atoms. The first kappa shape index (κ1) is 7.94. The molecule has 70 valence electrons. The lowest BCUT2D eigenvalue weighted by molar-refractivity contribution is 0.407. The molecule has 2 nitrogen and oxygen atoms in total. The summed E-state index contributed by atoms with van der Waals surface area (Å²) in [6, 6.07) is 10.4. The van der Waals surface area contributed by atoms with Crippen molar-refractivity contribution in [2.75, 3.05) is 6.61 Å². The van der Waals surface area contributed by atoms with E-state index in [4.69, 9.17) is 4.74 Å². The number of nitrogens with zero attached hydrogens (tertiary/aromatic N) is 1. The highest BCUT2D eigenvalue weighted by Crippen LogP contribution is 2.18. The van der Waals surface area contributed by atoms with Gasteiger partial charge in [0.15, 0.2) is 0 Å². The minimum absolute atomic E-state index is 0.443. The zero-order valence-corrected chi connectivity index (χ0v) is 7.81. The molecule has 1 fully saturated rings. The molecule has 0 saturated carbocycles. The highest BCUT2D eigenvalue weighted by Gasteiger charge is 2.22. The Hall–Kier alpha value is -1.41. The largest absolute Gasteiger partial charge is 0.373 e. The zero-order chi connectivity index (χ0) is 9.38. The topological polar surface area (TPSA) is 25.4 Å². The molecule has 1 aliphatic heterocycles. The fourth-order valence-corrected chi connectivity index (χ4v) is 1.68. The Morgan fingerprint density at radius 2 is 2.21 bits per heavy atom. The van der Waals surface area contributed by atoms with Crippen molar-refractivity contribution in [1.82, 2.24) is 4.98 Å². The summed E-state index contributed by atoms with van der Waals surface area (Å²) in [5, 5.41) is 1.21. The average molecular weight is 185 g/mol. The Labute approximate surface area is 82.5 Å². The normalized spacial score (nSPS) is 19.9. The first-order valence-electron chi connectivity index (χ1n) is 4.87. The van der Waals surface area contributed by atoms with Gasteiger partial charge in [-0.25, -0.2) is 0 Å². The minimum atomic E-state index is 0.443. The Balaban J connectivity index is 2.01. The lowest BCUT2D eigenvalue weighted by atomic mass is 10.1. The predicted octanol–water partition coefficient (Wildman–Crippen LogP) is 2.18. The van der Waals surface area contributed by atoms with Gasteiger partial charge >= 0.3 is 0 Å². The third kappa shape index (κ3) is 1.49. The standard InChI is InChI=1S/C12H11NO/c1-2-4-12-10(3-1)5-9(7-13-12)6-11-8-14-11/h1-5,7,11H,6,8H2. The van der Waals surface area contributed by atoms with Gasteiger partial charge in [-0.2, -0.15) is 0 Å². The van der Waals surface area contributed by atoms with Crippen LogP contribution in [0.5, 0.6) is 0 Å². The molecule has 1 aliphatic rings. The fourth-order valence-electron chi connectivity index (χ4n) is 1.68. The van der Waals surface area contributed by atoms with Crippen molar-refractivity contribution in [3.63, 3.8) is 0 Å². The molecule has 0 amide bonds. The lowest BCUT2D eigenvalue weighted by Gasteiger charge is -2.00. The SMILES string of the molecule is c1ccc2ncc(CC3CO3)cc2c1. The lowest BCUT2D eigenvalue weighted by Crippen LogP contribution is -1.93. The number of rotatable bonds is 2. The molecule has 2 heteroatoms. The molecule has 0 spiro atoms. The molecular formula is C12H11NO. The quantitative estimate of drug-likeness (QED) is 0.670. The van der Waals surface area contributed by atoms with Crippen molar-refractivity contribution in [2.45, 2.75) is 12.5 Å². The van der Waals surface area contributed by atoms with Crippen LogP contribution < -0.4 is 0 Å². The summed E-state index contributed by atoms with van der Waals surface area (Å²) in [4.78, 5) is 4.41. The summed E-state index contributed by atoms with van der Waals surface area (Å²) in [7, 11) is 0. The van der Waals surface area contributed by atoms with Crippen LogP contribution >= 0.6 is 0 Å². The molecule has 14 heavy (non-hydrogen) atoms. The van der Waals surface area contributed by atoms with Crippen molar-refractivity contribution in [2.24, 2.45) is 0 Å². The van der Waals surface area contributed by atoms with Crippen LogP contribution in [0.3, 0.4) is 0 Å². The van der Waals surface area contributed by atoms with Crippen molar-refractivity contribution in [3.8, 4) is 0 Å². The van der Waals surface area contributed by atoms with Gasteiger partial charge in [-0.3, -0.25) is 4.98 Å². The molecular weight excluding hydrogens is 174 g/mol. The second-order valence-electron chi connectivity index (χ2n) is 3.70. The highest BCUT2D eigenvalue weighted by molar-refractivity contribution is 5.78. The second kappa shape index (κ2) is 3.07. The second-order valence-corrected chi connectivity index (χ2v) is 3.70. The van der Waals surface area contributed by atoms with E-state index in [0.29, 0.717) is 6.10 Å². The fraction of sp³-hybridized carbons (Fsp3) is 0.250. The van der Waals surface area contributed by atoms with E-state index >= 15 is 0 Å². The molecule has 1 unspecified atom stereocenters. The number of para-hydroxylation sites is 1. The van der Waals surface area contributed by atoms with Crippen molar-refractivity contribution < 1.29 is 4.74 Å². The monoisotopic (exact) mass is 185 g/mol. The molecule has 1 atom stereocenters. The van der Waals surface area contributed by atoms with Crippen LogP contribution in [0, 0.1) is 0 Å². The molecule has 1 aromatic heterocycles. The number of benzene rings is 1. The number of hydrogen-bond acceptors (Lipinski definition) is 2. The summed E-state index contributed by atoms with van der Waals surface area (Å²) in [6.45, 7) is 0.910. The molecule has 3 rings (SSSR count). The Kier molecular flexibility index (Phi) is 1.74. The highest BCUT2D eigenvalue weighted by atomic mass is 16.6. The van der Waals surface area contributed by atoms with E-state index in [0.717, 1.165) is 18.5 Å². The third-order valence-corrected chi connectivity index (χ3v) is 2.51. The number of pyridine rings is 1.